The Hall–Kier alpha value is -6.18. The fourth-order valence-corrected chi connectivity index (χ4v) is 4.67. The number of rotatable bonds is 6. The molecule has 194 valence electrons. The summed E-state index contributed by atoms with van der Waals surface area (Å²) >= 11 is 0. The molecular formula is C34H23N7. The van der Waals surface area contributed by atoms with Crippen LogP contribution in [-0.4, -0.2) is 19.6 Å². The summed E-state index contributed by atoms with van der Waals surface area (Å²) in [5.74, 6) is 0.187. The molecule has 0 aliphatic heterocycles. The summed E-state index contributed by atoms with van der Waals surface area (Å²) in [6.07, 6.45) is 1.71. The molecule has 4 aromatic carbocycles. The molecule has 0 aliphatic carbocycles. The summed E-state index contributed by atoms with van der Waals surface area (Å²) in [6.45, 7) is 0. The average Bonchev–Trinajstić information content (AvgIpc) is 3.63. The molecule has 0 bridgehead atoms. The maximum Gasteiger partial charge on any atom is 0.145 e. The van der Waals surface area contributed by atoms with Gasteiger partial charge >= 0.3 is 0 Å². The Bertz CT molecular complexity index is 1940. The van der Waals surface area contributed by atoms with Crippen LogP contribution in [0.25, 0.3) is 45.5 Å². The van der Waals surface area contributed by atoms with Gasteiger partial charge in [-0.3, -0.25) is 0 Å². The Morgan fingerprint density at radius 3 is 1.88 bits per heavy atom. The molecule has 2 heterocycles. The lowest BCUT2D eigenvalue weighted by Gasteiger charge is -2.08. The Labute approximate surface area is 237 Å². The van der Waals surface area contributed by atoms with Crippen molar-refractivity contribution in [2.75, 3.05) is 5.73 Å². The number of nitriles is 2. The van der Waals surface area contributed by atoms with Crippen molar-refractivity contribution in [1.82, 2.24) is 19.6 Å². The molecule has 7 nitrogen and oxygen atoms in total. The molecule has 0 amide bonds. The van der Waals surface area contributed by atoms with E-state index in [0.29, 0.717) is 5.69 Å². The molecule has 0 aliphatic rings. The third-order valence-electron chi connectivity index (χ3n) is 6.71. The number of nitrogens with two attached hydrogens (primary N) is 1. The first-order chi connectivity index (χ1) is 20.2. The number of allylic oxidation sites excluding steroid dienone is 1. The molecule has 6 aromatic rings. The van der Waals surface area contributed by atoms with Gasteiger partial charge in [-0.05, 0) is 42.0 Å². The Balaban J connectivity index is 1.38. The van der Waals surface area contributed by atoms with Crippen LogP contribution in [0.4, 0.5) is 5.82 Å². The normalized spacial score (nSPS) is 11.1. The Morgan fingerprint density at radius 2 is 1.27 bits per heavy atom. The lowest BCUT2D eigenvalue weighted by molar-refractivity contribution is 0.885. The molecule has 6 rings (SSSR count). The first-order valence-corrected chi connectivity index (χ1v) is 12.9. The van der Waals surface area contributed by atoms with Gasteiger partial charge in [-0.2, -0.15) is 20.7 Å². The highest BCUT2D eigenvalue weighted by molar-refractivity contribution is 5.91. The zero-order valence-electron chi connectivity index (χ0n) is 21.9. The van der Waals surface area contributed by atoms with Gasteiger partial charge < -0.3 is 5.73 Å². The molecule has 0 spiro atoms. The highest BCUT2D eigenvalue weighted by Gasteiger charge is 2.20. The van der Waals surface area contributed by atoms with Crippen molar-refractivity contribution in [2.24, 2.45) is 0 Å². The van der Waals surface area contributed by atoms with Crippen molar-refractivity contribution in [3.63, 3.8) is 0 Å². The SMILES string of the molecule is N#CC(=Cc1ccc(-n2nc(-c3ccccc3)cc2-c2ccccc2)cc1)c1nn(-c2ccccc2)c(N)c1C#N. The van der Waals surface area contributed by atoms with Crippen molar-refractivity contribution in [3.05, 3.63) is 138 Å². The minimum atomic E-state index is 0.163. The molecule has 0 atom stereocenters. The summed E-state index contributed by atoms with van der Waals surface area (Å²) in [6, 6.07) is 43.6. The second-order valence-corrected chi connectivity index (χ2v) is 9.29. The topological polar surface area (TPSA) is 109 Å². The molecule has 0 unspecified atom stereocenters. The standard InChI is InChI=1S/C34H23N7/c35-22-27(33-30(23-36)34(37)41(39-33)28-14-8-3-9-15-28)20-24-16-18-29(19-17-24)40-32(26-12-6-2-7-13-26)21-31(38-40)25-10-4-1-5-11-25/h1-21H,37H2. The zero-order chi connectivity index (χ0) is 28.2. The lowest BCUT2D eigenvalue weighted by Crippen LogP contribution is -2.02. The lowest BCUT2D eigenvalue weighted by atomic mass is 10.1. The molecular weight excluding hydrogens is 506 g/mol. The highest BCUT2D eigenvalue weighted by atomic mass is 15.3. The van der Waals surface area contributed by atoms with E-state index in [-0.39, 0.29) is 22.6 Å². The fourth-order valence-electron chi connectivity index (χ4n) is 4.67. The van der Waals surface area contributed by atoms with Gasteiger partial charge in [0.1, 0.15) is 29.2 Å². The summed E-state index contributed by atoms with van der Waals surface area (Å²) in [4.78, 5) is 0. The third-order valence-corrected chi connectivity index (χ3v) is 6.71. The smallest absolute Gasteiger partial charge is 0.145 e. The molecule has 2 N–H and O–H groups in total. The molecule has 7 heteroatoms. The minimum absolute atomic E-state index is 0.163. The maximum absolute atomic E-state index is 10.0. The van der Waals surface area contributed by atoms with Gasteiger partial charge in [-0.1, -0.05) is 91.0 Å². The van der Waals surface area contributed by atoms with E-state index in [0.717, 1.165) is 33.8 Å². The molecule has 2 aromatic heterocycles. The van der Waals surface area contributed by atoms with E-state index < -0.39 is 0 Å². The van der Waals surface area contributed by atoms with E-state index in [1.165, 1.54) is 4.68 Å². The summed E-state index contributed by atoms with van der Waals surface area (Å²) < 4.78 is 3.40. The largest absolute Gasteiger partial charge is 0.382 e. The van der Waals surface area contributed by atoms with Crippen LogP contribution in [0.3, 0.4) is 0 Å². The molecule has 0 fully saturated rings. The second kappa shape index (κ2) is 10.9. The van der Waals surface area contributed by atoms with Gasteiger partial charge in [0.05, 0.1) is 28.3 Å². The van der Waals surface area contributed by atoms with Crippen LogP contribution < -0.4 is 5.73 Å². The Morgan fingerprint density at radius 1 is 0.683 bits per heavy atom. The van der Waals surface area contributed by atoms with Crippen molar-refractivity contribution in [2.45, 2.75) is 0 Å². The highest BCUT2D eigenvalue weighted by Crippen LogP contribution is 2.30. The van der Waals surface area contributed by atoms with Gasteiger partial charge in [0.15, 0.2) is 0 Å². The number of hydrogen-bond acceptors (Lipinski definition) is 5. The van der Waals surface area contributed by atoms with Gasteiger partial charge in [0.25, 0.3) is 0 Å². The van der Waals surface area contributed by atoms with Crippen LogP contribution in [0.5, 0.6) is 0 Å². The zero-order valence-corrected chi connectivity index (χ0v) is 21.9. The van der Waals surface area contributed by atoms with Crippen LogP contribution in [0, 0.1) is 22.7 Å². The van der Waals surface area contributed by atoms with E-state index in [9.17, 15) is 10.5 Å². The number of para-hydroxylation sites is 1. The fraction of sp³-hybridized carbons (Fsp3) is 0. The maximum atomic E-state index is 10.0. The number of anilines is 1. The van der Waals surface area contributed by atoms with Gasteiger partial charge in [-0.15, -0.1) is 0 Å². The first kappa shape index (κ1) is 25.1. The summed E-state index contributed by atoms with van der Waals surface area (Å²) in [5, 5.41) is 29.3. The summed E-state index contributed by atoms with van der Waals surface area (Å²) in [5.41, 5.74) is 13.2. The molecule has 41 heavy (non-hydrogen) atoms. The minimum Gasteiger partial charge on any atom is -0.382 e. The van der Waals surface area contributed by atoms with Crippen molar-refractivity contribution >= 4 is 17.5 Å². The molecule has 0 saturated heterocycles. The molecule has 0 saturated carbocycles. The van der Waals surface area contributed by atoms with Crippen LogP contribution in [0.2, 0.25) is 0 Å². The van der Waals surface area contributed by atoms with Gasteiger partial charge in [-0.25, -0.2) is 9.36 Å². The van der Waals surface area contributed by atoms with Crippen LogP contribution >= 0.6 is 0 Å². The van der Waals surface area contributed by atoms with Crippen LogP contribution in [-0.2, 0) is 0 Å². The number of nitrogen functional groups attached to an aromatic ring is 1. The number of aromatic nitrogens is 4. The monoisotopic (exact) mass is 529 g/mol. The van der Waals surface area contributed by atoms with Crippen LogP contribution in [0.15, 0.2) is 121 Å². The Kier molecular flexibility index (Phi) is 6.68. The van der Waals surface area contributed by atoms with Crippen molar-refractivity contribution < 1.29 is 0 Å². The number of benzene rings is 4. The first-order valence-electron chi connectivity index (χ1n) is 12.9. The van der Waals surface area contributed by atoms with Gasteiger partial charge in [0.2, 0.25) is 0 Å². The number of hydrogen-bond donors (Lipinski definition) is 1. The van der Waals surface area contributed by atoms with Gasteiger partial charge in [0, 0.05) is 11.1 Å². The second-order valence-electron chi connectivity index (χ2n) is 9.29. The van der Waals surface area contributed by atoms with E-state index >= 15 is 0 Å². The van der Waals surface area contributed by atoms with E-state index in [1.54, 1.807) is 6.08 Å². The van der Waals surface area contributed by atoms with Crippen molar-refractivity contribution in [1.29, 1.82) is 10.5 Å². The number of nitrogens with zero attached hydrogens (tertiary/aromatic N) is 6. The third kappa shape index (κ3) is 4.87. The van der Waals surface area contributed by atoms with E-state index in [2.05, 4.69) is 35.4 Å². The quantitative estimate of drug-likeness (QED) is 0.236. The van der Waals surface area contributed by atoms with Crippen LogP contribution in [0.1, 0.15) is 16.8 Å². The predicted molar refractivity (Wildman–Crippen MR) is 161 cm³/mol. The predicted octanol–water partition coefficient (Wildman–Crippen LogP) is 6.91. The van der Waals surface area contributed by atoms with Crippen molar-refractivity contribution in [3.8, 4) is 46.0 Å². The molecule has 0 radical (unpaired) electrons. The summed E-state index contributed by atoms with van der Waals surface area (Å²) in [7, 11) is 0. The van der Waals surface area contributed by atoms with E-state index in [4.69, 9.17) is 10.8 Å². The average molecular weight is 530 g/mol. The van der Waals surface area contributed by atoms with E-state index in [1.807, 2.05) is 108 Å².